The van der Waals surface area contributed by atoms with Gasteiger partial charge >= 0.3 is 6.09 Å². The number of ether oxygens (including phenoxy) is 1. The molecule has 2 unspecified atom stereocenters. The summed E-state index contributed by atoms with van der Waals surface area (Å²) in [4.78, 5) is 45.5. The number of amides is 2. The fraction of sp³-hybridized carbons (Fsp3) is 0.333. The zero-order valence-electron chi connectivity index (χ0n) is 28.3. The third-order valence-electron chi connectivity index (χ3n) is 9.35. The number of aromatic nitrogens is 4. The van der Waals surface area contributed by atoms with Crippen molar-refractivity contribution in [1.82, 2.24) is 35.1 Å². The molecular weight excluding hydrogens is 614 g/mol. The molecular formula is C39H43N7O3. The van der Waals surface area contributed by atoms with Gasteiger partial charge in [-0.15, -0.1) is 0 Å². The van der Waals surface area contributed by atoms with Crippen molar-refractivity contribution in [3.05, 3.63) is 97.5 Å². The predicted octanol–water partition coefficient (Wildman–Crippen LogP) is 7.76. The van der Waals surface area contributed by atoms with Crippen molar-refractivity contribution in [1.29, 1.82) is 0 Å². The summed E-state index contributed by atoms with van der Waals surface area (Å²) in [6.07, 6.45) is 8.59. The van der Waals surface area contributed by atoms with Gasteiger partial charge in [0.2, 0.25) is 5.91 Å². The van der Waals surface area contributed by atoms with Gasteiger partial charge in [0.1, 0.15) is 17.2 Å². The van der Waals surface area contributed by atoms with Crippen LogP contribution >= 0.6 is 0 Å². The highest BCUT2D eigenvalue weighted by Crippen LogP contribution is 2.35. The Morgan fingerprint density at radius 3 is 1.98 bits per heavy atom. The Kier molecular flexibility index (Phi) is 8.71. The molecule has 0 radical (unpaired) electrons. The molecule has 2 saturated heterocycles. The van der Waals surface area contributed by atoms with Crippen LogP contribution in [0.2, 0.25) is 0 Å². The lowest BCUT2D eigenvalue weighted by Crippen LogP contribution is -2.36. The number of fused-ring (bicyclic) bond motifs is 1. The molecule has 3 aromatic carbocycles. The molecule has 3 N–H and O–H groups in total. The maximum Gasteiger partial charge on any atom is 0.410 e. The van der Waals surface area contributed by atoms with Crippen LogP contribution in [0.1, 0.15) is 70.2 Å². The molecule has 10 heteroatoms. The molecule has 2 fully saturated rings. The minimum absolute atomic E-state index is 0.0422. The Hall–Kier alpha value is -5.38. The van der Waals surface area contributed by atoms with Crippen LogP contribution in [0.25, 0.3) is 44.4 Å². The van der Waals surface area contributed by atoms with Gasteiger partial charge in [0.05, 0.1) is 42.4 Å². The summed E-state index contributed by atoms with van der Waals surface area (Å²) in [5, 5.41) is 5.20. The Bertz CT molecular complexity index is 1990. The first-order valence-electron chi connectivity index (χ1n) is 17.0. The van der Waals surface area contributed by atoms with Crippen LogP contribution in [0.5, 0.6) is 0 Å². The third-order valence-corrected chi connectivity index (χ3v) is 9.35. The van der Waals surface area contributed by atoms with Crippen molar-refractivity contribution >= 4 is 22.8 Å². The van der Waals surface area contributed by atoms with Gasteiger partial charge in [-0.2, -0.15) is 0 Å². The van der Waals surface area contributed by atoms with Crippen molar-refractivity contribution in [2.75, 3.05) is 19.6 Å². The van der Waals surface area contributed by atoms with E-state index in [2.05, 4.69) is 92.5 Å². The first-order valence-corrected chi connectivity index (χ1v) is 17.0. The monoisotopic (exact) mass is 657 g/mol. The largest absolute Gasteiger partial charge is 0.444 e. The van der Waals surface area contributed by atoms with Gasteiger partial charge in [-0.25, -0.2) is 14.8 Å². The van der Waals surface area contributed by atoms with Crippen LogP contribution in [-0.4, -0.2) is 67.0 Å². The molecule has 2 aliphatic heterocycles. The van der Waals surface area contributed by atoms with Gasteiger partial charge in [0.15, 0.2) is 0 Å². The Balaban J connectivity index is 1.04. The maximum absolute atomic E-state index is 12.8. The number of H-pyrrole nitrogens is 2. The molecule has 0 spiro atoms. The number of hydrogen-bond acceptors (Lipinski definition) is 6. The van der Waals surface area contributed by atoms with Gasteiger partial charge in [-0.05, 0) is 92.2 Å². The first kappa shape index (κ1) is 32.2. The van der Waals surface area contributed by atoms with Gasteiger partial charge in [-0.1, -0.05) is 55.1 Å². The quantitative estimate of drug-likeness (QED) is 0.157. The van der Waals surface area contributed by atoms with Crippen LogP contribution in [0.3, 0.4) is 0 Å². The van der Waals surface area contributed by atoms with E-state index in [1.807, 2.05) is 38.1 Å². The molecule has 2 atom stereocenters. The van der Waals surface area contributed by atoms with E-state index in [-0.39, 0.29) is 30.6 Å². The standard InChI is InChI=1S/C39H43N7O3/c1-5-40-24-35(47)45-18-6-8-33(45)36-42-23-32(44-36)30-17-16-28-20-27(14-15-29(28)21-30)25-10-12-26(13-11-25)31-22-41-37(43-31)34-9-7-19-46(34)38(48)49-39(2,3)4/h5,10-17,20-23,33-34,40H,1,6-9,18-19,24H2,2-4H3,(H,41,43)(H,42,44). The maximum atomic E-state index is 12.8. The predicted molar refractivity (Wildman–Crippen MR) is 191 cm³/mol. The molecule has 4 heterocycles. The molecule has 49 heavy (non-hydrogen) atoms. The molecule has 10 nitrogen and oxygen atoms in total. The lowest BCUT2D eigenvalue weighted by molar-refractivity contribution is -0.131. The van der Waals surface area contributed by atoms with Gasteiger partial charge in [0.25, 0.3) is 0 Å². The Morgan fingerprint density at radius 2 is 1.35 bits per heavy atom. The number of aromatic amines is 2. The summed E-state index contributed by atoms with van der Waals surface area (Å²) in [5.74, 6) is 1.67. The van der Waals surface area contributed by atoms with E-state index in [0.29, 0.717) is 6.54 Å². The van der Waals surface area contributed by atoms with Crippen molar-refractivity contribution in [2.45, 2.75) is 64.1 Å². The average Bonchev–Trinajstić information content (AvgIpc) is 3.92. The van der Waals surface area contributed by atoms with Crippen LogP contribution in [-0.2, 0) is 9.53 Å². The second-order valence-corrected chi connectivity index (χ2v) is 13.9. The molecule has 2 aromatic heterocycles. The second-order valence-electron chi connectivity index (χ2n) is 13.9. The van der Waals surface area contributed by atoms with Gasteiger partial charge in [0, 0.05) is 18.7 Å². The fourth-order valence-corrected chi connectivity index (χ4v) is 6.94. The molecule has 252 valence electrons. The number of benzene rings is 3. The SMILES string of the molecule is C=CNCC(=O)N1CCCC1c1ncc(-c2ccc3cc(-c4ccc(-c5cnc(C6CCCN6C(=O)OC(C)(C)C)[nH]5)cc4)ccc3c2)[nH]1. The highest BCUT2D eigenvalue weighted by molar-refractivity contribution is 5.90. The number of hydrogen-bond donors (Lipinski definition) is 3. The third kappa shape index (κ3) is 6.81. The molecule has 2 amide bonds. The van der Waals surface area contributed by atoms with E-state index < -0.39 is 5.60 Å². The van der Waals surface area contributed by atoms with E-state index in [1.165, 1.54) is 0 Å². The van der Waals surface area contributed by atoms with E-state index >= 15 is 0 Å². The topological polar surface area (TPSA) is 119 Å². The van der Waals surface area contributed by atoms with E-state index in [0.717, 1.165) is 88.3 Å². The van der Waals surface area contributed by atoms with Crippen molar-refractivity contribution in [2.24, 2.45) is 0 Å². The lowest BCUT2D eigenvalue weighted by atomic mass is 9.98. The smallest absolute Gasteiger partial charge is 0.410 e. The summed E-state index contributed by atoms with van der Waals surface area (Å²) >= 11 is 0. The normalized spacial score (nSPS) is 17.9. The first-order chi connectivity index (χ1) is 23.7. The van der Waals surface area contributed by atoms with Crippen molar-refractivity contribution in [3.63, 3.8) is 0 Å². The minimum Gasteiger partial charge on any atom is -0.444 e. The number of rotatable bonds is 8. The summed E-state index contributed by atoms with van der Waals surface area (Å²) in [6, 6.07) is 21.3. The van der Waals surface area contributed by atoms with Gasteiger partial charge in [-0.3, -0.25) is 9.69 Å². The highest BCUT2D eigenvalue weighted by Gasteiger charge is 2.35. The van der Waals surface area contributed by atoms with Crippen molar-refractivity contribution in [3.8, 4) is 33.6 Å². The minimum atomic E-state index is -0.537. The van der Waals surface area contributed by atoms with Crippen LogP contribution in [0.4, 0.5) is 4.79 Å². The molecule has 5 aromatic rings. The summed E-state index contributed by atoms with van der Waals surface area (Å²) in [7, 11) is 0. The average molecular weight is 658 g/mol. The number of nitrogens with one attached hydrogen (secondary N) is 3. The Labute approximate surface area is 286 Å². The van der Waals surface area contributed by atoms with E-state index in [1.54, 1.807) is 11.1 Å². The zero-order chi connectivity index (χ0) is 34.1. The number of nitrogens with zero attached hydrogens (tertiary/aromatic N) is 4. The van der Waals surface area contributed by atoms with Crippen LogP contribution in [0.15, 0.2) is 85.8 Å². The molecule has 0 saturated carbocycles. The molecule has 2 aliphatic rings. The van der Waals surface area contributed by atoms with Crippen LogP contribution < -0.4 is 5.32 Å². The highest BCUT2D eigenvalue weighted by atomic mass is 16.6. The van der Waals surface area contributed by atoms with E-state index in [9.17, 15) is 9.59 Å². The zero-order valence-corrected chi connectivity index (χ0v) is 28.3. The van der Waals surface area contributed by atoms with Crippen molar-refractivity contribution < 1.29 is 14.3 Å². The van der Waals surface area contributed by atoms with Crippen LogP contribution in [0, 0.1) is 0 Å². The second kappa shape index (κ2) is 13.3. The Morgan fingerprint density at radius 1 is 0.816 bits per heavy atom. The summed E-state index contributed by atoms with van der Waals surface area (Å²) in [6.45, 7) is 10.9. The van der Waals surface area contributed by atoms with Gasteiger partial charge < -0.3 is 24.9 Å². The molecule has 7 rings (SSSR count). The summed E-state index contributed by atoms with van der Waals surface area (Å²) in [5.41, 5.74) is 5.67. The number of imidazole rings is 2. The number of carbonyl (C=O) groups excluding carboxylic acids is 2. The van der Waals surface area contributed by atoms with E-state index in [4.69, 9.17) is 4.74 Å². The summed E-state index contributed by atoms with van der Waals surface area (Å²) < 4.78 is 5.64. The molecule has 0 aliphatic carbocycles. The number of carbonyl (C=O) groups is 2. The lowest BCUT2D eigenvalue weighted by Gasteiger charge is -2.27. The number of likely N-dealkylation sites (tertiary alicyclic amines) is 2. The fourth-order valence-electron chi connectivity index (χ4n) is 6.94. The molecule has 0 bridgehead atoms.